The average Bonchev–Trinajstić information content (AvgIpc) is 0.811. The van der Waals surface area contributed by atoms with Gasteiger partial charge in [-0.15, -0.1) is 11.6 Å². The van der Waals surface area contributed by atoms with Gasteiger partial charge in [0.15, 0.2) is 0 Å². The molecule has 0 rings (SSSR count). The van der Waals surface area contributed by atoms with Crippen LogP contribution in [0.3, 0.4) is 0 Å². The first-order chi connectivity index (χ1) is 1.73. The van der Waals surface area contributed by atoms with Gasteiger partial charge in [0.25, 0.3) is 0 Å². The van der Waals surface area contributed by atoms with Crippen LogP contribution >= 0.6 is 11.6 Å². The Morgan fingerprint density at radius 1 is 1.40 bits per heavy atom. The fraction of sp³-hybridized carbons (Fsp3) is 1.00. The molecule has 0 aromatic carbocycles. The van der Waals surface area contributed by atoms with E-state index >= 15 is 0 Å². The van der Waals surface area contributed by atoms with Crippen molar-refractivity contribution < 1.29 is 0 Å². The molecule has 0 aliphatic heterocycles. The predicted octanol–water partition coefficient (Wildman–Crippen LogP) is 0.985. The van der Waals surface area contributed by atoms with Crippen LogP contribution in [0.25, 0.3) is 0 Å². The van der Waals surface area contributed by atoms with Gasteiger partial charge in [0.2, 0.25) is 0 Å². The predicted molar refractivity (Wildman–Crippen MR) is 28.1 cm³/mol. The molecule has 2 heteroatoms. The SMILES string of the molecule is CC(C)Cl.[RbH]. The zero-order valence-electron chi connectivity index (χ0n) is 2.96. The molecule has 0 atom stereocenters. The first-order valence-electron chi connectivity index (χ1n) is 1.37. The van der Waals surface area contributed by atoms with Crippen molar-refractivity contribution in [3.8, 4) is 0 Å². The van der Waals surface area contributed by atoms with Gasteiger partial charge in [-0.1, -0.05) is 0 Å². The maximum atomic E-state index is 5.27. The number of halogens is 1. The van der Waals surface area contributed by atoms with Crippen molar-refractivity contribution in [3.63, 3.8) is 0 Å². The second-order valence-corrected chi connectivity index (χ2v) is 1.89. The Kier molecular flexibility index (Phi) is 12.4. The van der Waals surface area contributed by atoms with Gasteiger partial charge in [-0.2, -0.15) is 0 Å². The zero-order chi connectivity index (χ0) is 3.58. The Hall–Kier alpha value is 2.10. The molecule has 0 aromatic rings. The van der Waals surface area contributed by atoms with Crippen molar-refractivity contribution in [1.82, 2.24) is 0 Å². The molecular formula is C3H8ClRb. The summed E-state index contributed by atoms with van der Waals surface area (Å²) in [6.07, 6.45) is 0. The van der Waals surface area contributed by atoms with E-state index < -0.39 is 0 Å². The van der Waals surface area contributed by atoms with E-state index in [1.54, 1.807) is 0 Å². The molecule has 0 aromatic heterocycles. The molecule has 0 bridgehead atoms. The monoisotopic (exact) mass is 164 g/mol. The van der Waals surface area contributed by atoms with Crippen molar-refractivity contribution in [2.24, 2.45) is 0 Å². The second kappa shape index (κ2) is 6.10. The van der Waals surface area contributed by atoms with E-state index in [0.29, 0.717) is 5.38 Å². The molecule has 0 fully saturated rings. The third kappa shape index (κ3) is 23.3. The van der Waals surface area contributed by atoms with Crippen LogP contribution in [0.1, 0.15) is 13.8 Å². The molecule has 0 aliphatic carbocycles. The van der Waals surface area contributed by atoms with Crippen molar-refractivity contribution in [3.05, 3.63) is 0 Å². The van der Waals surface area contributed by atoms with E-state index in [1.165, 1.54) is 0 Å². The zero-order valence-corrected chi connectivity index (χ0v) is 3.71. The molecule has 0 saturated carbocycles. The van der Waals surface area contributed by atoms with Crippen LogP contribution < -0.4 is 0 Å². The fourth-order valence-corrected chi connectivity index (χ4v) is 0. The van der Waals surface area contributed by atoms with E-state index in [1.807, 2.05) is 13.8 Å². The molecule has 28 valence electrons. The molecule has 0 spiro atoms. The van der Waals surface area contributed by atoms with E-state index in [0.717, 1.165) is 0 Å². The van der Waals surface area contributed by atoms with E-state index in [4.69, 9.17) is 11.6 Å². The summed E-state index contributed by atoms with van der Waals surface area (Å²) in [4.78, 5) is 0. The van der Waals surface area contributed by atoms with Gasteiger partial charge in [-0.3, -0.25) is 0 Å². The Labute approximate surface area is 87.1 Å². The van der Waals surface area contributed by atoms with Gasteiger partial charge >= 0.3 is 58.2 Å². The van der Waals surface area contributed by atoms with E-state index in [9.17, 15) is 0 Å². The Balaban J connectivity index is 0. The van der Waals surface area contributed by atoms with Crippen LogP contribution in [0.5, 0.6) is 0 Å². The average molecular weight is 165 g/mol. The molecule has 0 heterocycles. The molecule has 0 nitrogen and oxygen atoms in total. The molecule has 0 unspecified atom stereocenters. The Morgan fingerprint density at radius 2 is 1.40 bits per heavy atom. The van der Waals surface area contributed by atoms with Crippen LogP contribution in [0.15, 0.2) is 0 Å². The van der Waals surface area contributed by atoms with Crippen molar-refractivity contribution in [1.29, 1.82) is 0 Å². The normalized spacial score (nSPS) is 7.20. The van der Waals surface area contributed by atoms with E-state index in [2.05, 4.69) is 0 Å². The van der Waals surface area contributed by atoms with Crippen molar-refractivity contribution >= 4 is 69.8 Å². The van der Waals surface area contributed by atoms with Gasteiger partial charge in [-0.25, -0.2) is 0 Å². The van der Waals surface area contributed by atoms with E-state index in [-0.39, 0.29) is 58.2 Å². The molecule has 0 amide bonds. The van der Waals surface area contributed by atoms with Gasteiger partial charge in [0.05, 0.1) is 0 Å². The summed E-state index contributed by atoms with van der Waals surface area (Å²) in [5.41, 5.74) is 0. The molecule has 0 saturated heterocycles. The Bertz CT molecular complexity index is 11.6. The van der Waals surface area contributed by atoms with Gasteiger partial charge < -0.3 is 0 Å². The number of hydrogen-bond acceptors (Lipinski definition) is 0. The number of hydrogen-bond donors (Lipinski definition) is 0. The first-order valence-corrected chi connectivity index (χ1v) is 1.81. The summed E-state index contributed by atoms with van der Waals surface area (Å²) in [7, 11) is 0. The maximum absolute atomic E-state index is 5.27. The van der Waals surface area contributed by atoms with Crippen LogP contribution in [0, 0.1) is 0 Å². The number of rotatable bonds is 0. The van der Waals surface area contributed by atoms with Gasteiger partial charge in [-0.05, 0) is 13.8 Å². The third-order valence-electron chi connectivity index (χ3n) is 0. The molecule has 5 heavy (non-hydrogen) atoms. The minimum absolute atomic E-state index is 0. The molecular weight excluding hydrogens is 157 g/mol. The Morgan fingerprint density at radius 3 is 1.40 bits per heavy atom. The van der Waals surface area contributed by atoms with Crippen molar-refractivity contribution in [2.45, 2.75) is 19.2 Å². The third-order valence-corrected chi connectivity index (χ3v) is 0. The van der Waals surface area contributed by atoms with Gasteiger partial charge in [0.1, 0.15) is 0 Å². The fourth-order valence-electron chi connectivity index (χ4n) is 0. The first kappa shape index (κ1) is 10.2. The minimum atomic E-state index is 0. The van der Waals surface area contributed by atoms with Crippen molar-refractivity contribution in [2.75, 3.05) is 0 Å². The summed E-state index contributed by atoms with van der Waals surface area (Å²) >= 11 is 5.27. The number of alkyl halides is 1. The van der Waals surface area contributed by atoms with Crippen LogP contribution in [0.2, 0.25) is 0 Å². The summed E-state index contributed by atoms with van der Waals surface area (Å²) in [5, 5.41) is 0.306. The molecule has 0 radical (unpaired) electrons. The molecule has 0 aliphatic rings. The molecule has 0 N–H and O–H groups in total. The van der Waals surface area contributed by atoms with Crippen LogP contribution in [-0.4, -0.2) is 63.6 Å². The van der Waals surface area contributed by atoms with Gasteiger partial charge in [0, 0.05) is 5.38 Å². The summed E-state index contributed by atoms with van der Waals surface area (Å²) < 4.78 is 0. The van der Waals surface area contributed by atoms with Crippen LogP contribution in [-0.2, 0) is 0 Å². The quantitative estimate of drug-likeness (QED) is 0.469. The topological polar surface area (TPSA) is 0 Å². The summed E-state index contributed by atoms with van der Waals surface area (Å²) in [6, 6.07) is 0. The summed E-state index contributed by atoms with van der Waals surface area (Å²) in [6.45, 7) is 3.86. The standard InChI is InChI=1S/C3H7Cl.Rb.H/c1-3(2)4;;/h3H,1-2H3;;. The van der Waals surface area contributed by atoms with Crippen LogP contribution in [0.4, 0.5) is 0 Å². The second-order valence-electron chi connectivity index (χ2n) is 1.01. The summed E-state index contributed by atoms with van der Waals surface area (Å²) in [5.74, 6) is 0.